The first-order chi connectivity index (χ1) is 13.5. The predicted molar refractivity (Wildman–Crippen MR) is 113 cm³/mol. The van der Waals surface area contributed by atoms with Gasteiger partial charge in [-0.25, -0.2) is 8.42 Å². The molecule has 2 N–H and O–H groups in total. The van der Waals surface area contributed by atoms with Gasteiger partial charge in [0.25, 0.3) is 15.9 Å². The van der Waals surface area contributed by atoms with Crippen molar-refractivity contribution in [3.8, 4) is 0 Å². The number of amides is 1. The molecule has 2 aromatic carbocycles. The van der Waals surface area contributed by atoms with E-state index >= 15 is 0 Å². The molecule has 28 heavy (non-hydrogen) atoms. The third kappa shape index (κ3) is 3.95. The summed E-state index contributed by atoms with van der Waals surface area (Å²) in [5, 5.41) is 4.70. The number of thiophene rings is 1. The Morgan fingerprint density at radius 2 is 1.79 bits per heavy atom. The average Bonchev–Trinajstić information content (AvgIpc) is 3.24. The lowest BCUT2D eigenvalue weighted by atomic mass is 9.90. The van der Waals surface area contributed by atoms with Crippen LogP contribution in [0.3, 0.4) is 0 Å². The number of anilines is 2. The van der Waals surface area contributed by atoms with Gasteiger partial charge in [-0.2, -0.15) is 0 Å². The molecule has 0 spiro atoms. The number of nitrogens with one attached hydrogen (secondary N) is 2. The molecule has 1 aliphatic rings. The number of sulfonamides is 1. The molecule has 0 bridgehead atoms. The molecule has 5 nitrogen and oxygen atoms in total. The van der Waals surface area contributed by atoms with Crippen LogP contribution in [0.2, 0.25) is 0 Å². The minimum atomic E-state index is -3.65. The molecule has 0 radical (unpaired) electrons. The molecule has 4 rings (SSSR count). The second-order valence-corrected chi connectivity index (χ2v) is 9.58. The van der Waals surface area contributed by atoms with E-state index in [1.807, 2.05) is 12.1 Å². The summed E-state index contributed by atoms with van der Waals surface area (Å²) < 4.78 is 27.6. The molecule has 0 atom stereocenters. The van der Waals surface area contributed by atoms with Crippen LogP contribution in [0.4, 0.5) is 11.4 Å². The van der Waals surface area contributed by atoms with E-state index in [4.69, 9.17) is 0 Å². The van der Waals surface area contributed by atoms with Crippen molar-refractivity contribution in [3.05, 3.63) is 76.7 Å². The standard InChI is InChI=1S/C21H20N2O3S2/c24-21(22-19-11-4-7-15-6-1-2-10-18(15)19)16-8-3-9-17(14-16)23-28(25,26)20-12-5-13-27-20/h3-5,7-9,11-14,23H,1-2,6,10H2,(H,22,24). The van der Waals surface area contributed by atoms with Gasteiger partial charge in [-0.3, -0.25) is 9.52 Å². The number of benzene rings is 2. The summed E-state index contributed by atoms with van der Waals surface area (Å²) in [5.41, 5.74) is 4.10. The van der Waals surface area contributed by atoms with Crippen molar-refractivity contribution in [2.75, 3.05) is 10.0 Å². The summed E-state index contributed by atoms with van der Waals surface area (Å²) in [4.78, 5) is 12.8. The number of aryl methyl sites for hydroxylation is 1. The first-order valence-electron chi connectivity index (χ1n) is 9.11. The lowest BCUT2D eigenvalue weighted by molar-refractivity contribution is 0.102. The fourth-order valence-corrected chi connectivity index (χ4v) is 5.48. The Labute approximate surface area is 168 Å². The van der Waals surface area contributed by atoms with Gasteiger partial charge in [-0.1, -0.05) is 24.3 Å². The number of fused-ring (bicyclic) bond motifs is 1. The Morgan fingerprint density at radius 3 is 2.61 bits per heavy atom. The molecule has 3 aromatic rings. The van der Waals surface area contributed by atoms with E-state index in [1.165, 1.54) is 17.5 Å². The van der Waals surface area contributed by atoms with Gasteiger partial charge in [0.15, 0.2) is 0 Å². The van der Waals surface area contributed by atoms with Gasteiger partial charge in [-0.05, 0) is 72.5 Å². The topological polar surface area (TPSA) is 75.3 Å². The quantitative estimate of drug-likeness (QED) is 0.639. The molecule has 1 aliphatic carbocycles. The molecule has 7 heteroatoms. The van der Waals surface area contributed by atoms with E-state index in [0.717, 1.165) is 36.3 Å². The zero-order chi connectivity index (χ0) is 19.6. The van der Waals surface area contributed by atoms with E-state index in [-0.39, 0.29) is 10.1 Å². The van der Waals surface area contributed by atoms with E-state index < -0.39 is 10.0 Å². The maximum atomic E-state index is 12.8. The van der Waals surface area contributed by atoms with Crippen LogP contribution in [-0.4, -0.2) is 14.3 Å². The van der Waals surface area contributed by atoms with Crippen molar-refractivity contribution >= 4 is 38.6 Å². The van der Waals surface area contributed by atoms with Crippen LogP contribution in [0, 0.1) is 0 Å². The Bertz CT molecular complexity index is 1110. The Hall–Kier alpha value is -2.64. The molecular weight excluding hydrogens is 392 g/mol. The smallest absolute Gasteiger partial charge is 0.271 e. The fraction of sp³-hybridized carbons (Fsp3) is 0.190. The molecule has 1 heterocycles. The van der Waals surface area contributed by atoms with Crippen molar-refractivity contribution in [3.63, 3.8) is 0 Å². The molecule has 144 valence electrons. The van der Waals surface area contributed by atoms with Crippen LogP contribution < -0.4 is 10.0 Å². The van der Waals surface area contributed by atoms with Crippen molar-refractivity contribution in [1.82, 2.24) is 0 Å². The number of hydrogen-bond acceptors (Lipinski definition) is 4. The van der Waals surface area contributed by atoms with Crippen molar-refractivity contribution < 1.29 is 13.2 Å². The Balaban J connectivity index is 1.54. The summed E-state index contributed by atoms with van der Waals surface area (Å²) in [6.45, 7) is 0. The normalized spacial score (nSPS) is 13.6. The highest BCUT2D eigenvalue weighted by molar-refractivity contribution is 7.94. The van der Waals surface area contributed by atoms with Crippen molar-refractivity contribution in [2.45, 2.75) is 29.9 Å². The van der Waals surface area contributed by atoms with Crippen molar-refractivity contribution in [2.24, 2.45) is 0 Å². The highest BCUT2D eigenvalue weighted by Crippen LogP contribution is 2.28. The van der Waals surface area contributed by atoms with Crippen molar-refractivity contribution in [1.29, 1.82) is 0 Å². The number of carbonyl (C=O) groups is 1. The number of rotatable bonds is 5. The van der Waals surface area contributed by atoms with E-state index in [0.29, 0.717) is 11.3 Å². The van der Waals surface area contributed by atoms with Crippen LogP contribution in [0.1, 0.15) is 34.3 Å². The van der Waals surface area contributed by atoms with Crippen LogP contribution in [-0.2, 0) is 22.9 Å². The average molecular weight is 413 g/mol. The largest absolute Gasteiger partial charge is 0.322 e. The number of carbonyl (C=O) groups excluding carboxylic acids is 1. The van der Waals surface area contributed by atoms with E-state index in [1.54, 1.807) is 41.8 Å². The van der Waals surface area contributed by atoms with Gasteiger partial charge in [0.05, 0.1) is 0 Å². The van der Waals surface area contributed by atoms with Gasteiger partial charge in [0.1, 0.15) is 4.21 Å². The molecule has 0 saturated heterocycles. The first kappa shape index (κ1) is 18.7. The van der Waals surface area contributed by atoms with E-state index in [9.17, 15) is 13.2 Å². The summed E-state index contributed by atoms with van der Waals surface area (Å²) in [6.07, 6.45) is 4.31. The highest BCUT2D eigenvalue weighted by atomic mass is 32.2. The number of hydrogen-bond donors (Lipinski definition) is 2. The monoisotopic (exact) mass is 412 g/mol. The zero-order valence-electron chi connectivity index (χ0n) is 15.1. The summed E-state index contributed by atoms with van der Waals surface area (Å²) in [6, 6.07) is 15.8. The lowest BCUT2D eigenvalue weighted by Crippen LogP contribution is -2.16. The third-order valence-electron chi connectivity index (χ3n) is 4.78. The SMILES string of the molecule is O=C(Nc1cccc2c1CCCC2)c1cccc(NS(=O)(=O)c2cccs2)c1. The maximum absolute atomic E-state index is 12.8. The van der Waals surface area contributed by atoms with Gasteiger partial charge in [-0.15, -0.1) is 11.3 Å². The second kappa shape index (κ2) is 7.77. The zero-order valence-corrected chi connectivity index (χ0v) is 16.8. The van der Waals surface area contributed by atoms with E-state index in [2.05, 4.69) is 16.1 Å². The first-order valence-corrected chi connectivity index (χ1v) is 11.5. The molecule has 0 saturated carbocycles. The van der Waals surface area contributed by atoms with Gasteiger partial charge in [0.2, 0.25) is 0 Å². The molecule has 0 unspecified atom stereocenters. The summed E-state index contributed by atoms with van der Waals surface area (Å²) >= 11 is 1.14. The molecule has 0 aliphatic heterocycles. The Morgan fingerprint density at radius 1 is 0.964 bits per heavy atom. The Kier molecular flexibility index (Phi) is 5.19. The minimum absolute atomic E-state index is 0.235. The minimum Gasteiger partial charge on any atom is -0.322 e. The second-order valence-electron chi connectivity index (χ2n) is 6.72. The molecule has 1 aromatic heterocycles. The van der Waals surface area contributed by atoms with Crippen LogP contribution in [0.15, 0.2) is 64.2 Å². The van der Waals surface area contributed by atoms with Crippen LogP contribution >= 0.6 is 11.3 Å². The highest BCUT2D eigenvalue weighted by Gasteiger charge is 2.17. The summed E-state index contributed by atoms with van der Waals surface area (Å²) in [5.74, 6) is -0.254. The van der Waals surface area contributed by atoms with Gasteiger partial charge in [0, 0.05) is 16.9 Å². The summed E-state index contributed by atoms with van der Waals surface area (Å²) in [7, 11) is -3.65. The predicted octanol–water partition coefficient (Wildman–Crippen LogP) is 4.68. The molecule has 0 fully saturated rings. The molecule has 1 amide bonds. The van der Waals surface area contributed by atoms with Gasteiger partial charge >= 0.3 is 0 Å². The third-order valence-corrected chi connectivity index (χ3v) is 7.56. The van der Waals surface area contributed by atoms with Crippen LogP contribution in [0.25, 0.3) is 0 Å². The maximum Gasteiger partial charge on any atom is 0.271 e. The molecular formula is C21H20N2O3S2. The van der Waals surface area contributed by atoms with Gasteiger partial charge < -0.3 is 5.32 Å². The van der Waals surface area contributed by atoms with Crippen LogP contribution in [0.5, 0.6) is 0 Å². The lowest BCUT2D eigenvalue weighted by Gasteiger charge is -2.19. The fourth-order valence-electron chi connectivity index (χ4n) is 3.44.